The standard InChI is InChI=1S/C14H23N3/c1-3-9-17(11-12-5-6-12)13-7-8-16-14(10-13)15-4-2/h7-8,10,12H,3-6,9,11H2,1-2H3,(H,15,16). The van der Waals surface area contributed by atoms with E-state index >= 15 is 0 Å². The number of anilines is 2. The van der Waals surface area contributed by atoms with Crippen LogP contribution in [0.3, 0.4) is 0 Å². The van der Waals surface area contributed by atoms with E-state index in [9.17, 15) is 0 Å². The fourth-order valence-electron chi connectivity index (χ4n) is 2.10. The summed E-state index contributed by atoms with van der Waals surface area (Å²) in [6.07, 6.45) is 5.92. The van der Waals surface area contributed by atoms with Crippen LogP contribution in [-0.4, -0.2) is 24.6 Å². The summed E-state index contributed by atoms with van der Waals surface area (Å²) in [6.45, 7) is 7.62. The second-order valence-corrected chi connectivity index (χ2v) is 4.82. The third kappa shape index (κ3) is 3.62. The van der Waals surface area contributed by atoms with E-state index in [1.165, 1.54) is 31.5 Å². The fourth-order valence-corrected chi connectivity index (χ4v) is 2.10. The van der Waals surface area contributed by atoms with Crippen molar-refractivity contribution in [1.82, 2.24) is 4.98 Å². The first kappa shape index (κ1) is 12.2. The number of pyridine rings is 1. The molecule has 1 aromatic rings. The zero-order valence-corrected chi connectivity index (χ0v) is 10.9. The average Bonchev–Trinajstić information content (AvgIpc) is 3.13. The molecule has 1 N–H and O–H groups in total. The van der Waals surface area contributed by atoms with Crippen molar-refractivity contribution >= 4 is 11.5 Å². The summed E-state index contributed by atoms with van der Waals surface area (Å²) in [6, 6.07) is 4.29. The summed E-state index contributed by atoms with van der Waals surface area (Å²) in [5, 5.41) is 3.28. The van der Waals surface area contributed by atoms with Gasteiger partial charge in [-0.2, -0.15) is 0 Å². The molecule has 1 fully saturated rings. The van der Waals surface area contributed by atoms with Crippen LogP contribution in [0.1, 0.15) is 33.1 Å². The van der Waals surface area contributed by atoms with Crippen molar-refractivity contribution in [2.75, 3.05) is 29.9 Å². The van der Waals surface area contributed by atoms with Crippen LogP contribution in [-0.2, 0) is 0 Å². The molecule has 0 saturated heterocycles. The highest BCUT2D eigenvalue weighted by molar-refractivity contribution is 5.53. The van der Waals surface area contributed by atoms with E-state index in [0.717, 1.165) is 24.8 Å². The van der Waals surface area contributed by atoms with E-state index in [-0.39, 0.29) is 0 Å². The number of hydrogen-bond donors (Lipinski definition) is 1. The number of aromatic nitrogens is 1. The molecule has 1 aliphatic carbocycles. The van der Waals surface area contributed by atoms with Gasteiger partial charge in [0.1, 0.15) is 5.82 Å². The lowest BCUT2D eigenvalue weighted by Gasteiger charge is -2.24. The molecule has 0 aliphatic heterocycles. The summed E-state index contributed by atoms with van der Waals surface area (Å²) < 4.78 is 0. The third-order valence-corrected chi connectivity index (χ3v) is 3.14. The Hall–Kier alpha value is -1.25. The quantitative estimate of drug-likeness (QED) is 0.784. The van der Waals surface area contributed by atoms with E-state index in [2.05, 4.69) is 41.2 Å². The zero-order valence-electron chi connectivity index (χ0n) is 10.9. The monoisotopic (exact) mass is 233 g/mol. The van der Waals surface area contributed by atoms with Crippen LogP contribution in [0, 0.1) is 5.92 Å². The van der Waals surface area contributed by atoms with Gasteiger partial charge in [0.2, 0.25) is 0 Å². The highest BCUT2D eigenvalue weighted by Gasteiger charge is 2.24. The summed E-state index contributed by atoms with van der Waals surface area (Å²) in [4.78, 5) is 6.83. The van der Waals surface area contributed by atoms with E-state index in [1.54, 1.807) is 0 Å². The summed E-state index contributed by atoms with van der Waals surface area (Å²) >= 11 is 0. The average molecular weight is 233 g/mol. The van der Waals surface area contributed by atoms with Gasteiger partial charge in [0.05, 0.1) is 0 Å². The van der Waals surface area contributed by atoms with Crippen molar-refractivity contribution in [1.29, 1.82) is 0 Å². The van der Waals surface area contributed by atoms with Gasteiger partial charge < -0.3 is 10.2 Å². The van der Waals surface area contributed by atoms with Crippen LogP contribution in [0.15, 0.2) is 18.3 Å². The lowest BCUT2D eigenvalue weighted by atomic mass is 10.2. The summed E-state index contributed by atoms with van der Waals surface area (Å²) in [5.74, 6) is 1.92. The summed E-state index contributed by atoms with van der Waals surface area (Å²) in [5.41, 5.74) is 1.31. The predicted octanol–water partition coefficient (Wildman–Crippen LogP) is 3.14. The molecule has 1 heterocycles. The first-order valence-electron chi connectivity index (χ1n) is 6.78. The smallest absolute Gasteiger partial charge is 0.127 e. The van der Waals surface area contributed by atoms with Gasteiger partial charge in [-0.1, -0.05) is 6.92 Å². The van der Waals surface area contributed by atoms with Gasteiger partial charge >= 0.3 is 0 Å². The van der Waals surface area contributed by atoms with Crippen LogP contribution in [0.4, 0.5) is 11.5 Å². The molecule has 1 aliphatic rings. The highest BCUT2D eigenvalue weighted by atomic mass is 15.1. The molecule has 0 bridgehead atoms. The van der Waals surface area contributed by atoms with Gasteiger partial charge in [-0.3, -0.25) is 0 Å². The highest BCUT2D eigenvalue weighted by Crippen LogP contribution is 2.31. The van der Waals surface area contributed by atoms with Gasteiger partial charge in [-0.05, 0) is 38.2 Å². The van der Waals surface area contributed by atoms with Crippen molar-refractivity contribution in [3.05, 3.63) is 18.3 Å². The Morgan fingerprint density at radius 3 is 2.88 bits per heavy atom. The maximum Gasteiger partial charge on any atom is 0.127 e. The topological polar surface area (TPSA) is 28.2 Å². The molecule has 2 rings (SSSR count). The fraction of sp³-hybridized carbons (Fsp3) is 0.643. The Balaban J connectivity index is 2.06. The van der Waals surface area contributed by atoms with Gasteiger partial charge in [-0.25, -0.2) is 4.98 Å². The van der Waals surface area contributed by atoms with Crippen molar-refractivity contribution in [3.63, 3.8) is 0 Å². The molecule has 0 atom stereocenters. The Morgan fingerprint density at radius 2 is 2.24 bits per heavy atom. The minimum atomic E-state index is 0.923. The molecule has 1 saturated carbocycles. The molecule has 0 unspecified atom stereocenters. The van der Waals surface area contributed by atoms with Crippen molar-refractivity contribution in [3.8, 4) is 0 Å². The SMILES string of the molecule is CCCN(CC1CC1)c1ccnc(NCC)c1. The molecule has 0 amide bonds. The Bertz CT molecular complexity index is 347. The molecule has 1 aromatic heterocycles. The van der Waals surface area contributed by atoms with Crippen LogP contribution in [0.5, 0.6) is 0 Å². The van der Waals surface area contributed by atoms with E-state index < -0.39 is 0 Å². The molecule has 3 heteroatoms. The maximum absolute atomic E-state index is 4.33. The maximum atomic E-state index is 4.33. The molecule has 17 heavy (non-hydrogen) atoms. The van der Waals surface area contributed by atoms with Crippen molar-refractivity contribution in [2.45, 2.75) is 33.1 Å². The number of nitrogens with zero attached hydrogens (tertiary/aromatic N) is 2. The lowest BCUT2D eigenvalue weighted by molar-refractivity contribution is 0.708. The summed E-state index contributed by atoms with van der Waals surface area (Å²) in [7, 11) is 0. The van der Waals surface area contributed by atoms with Crippen molar-refractivity contribution in [2.24, 2.45) is 5.92 Å². The first-order chi connectivity index (χ1) is 8.33. The second-order valence-electron chi connectivity index (χ2n) is 4.82. The van der Waals surface area contributed by atoms with Crippen LogP contribution >= 0.6 is 0 Å². The molecular formula is C14H23N3. The number of hydrogen-bond acceptors (Lipinski definition) is 3. The Morgan fingerprint density at radius 1 is 1.41 bits per heavy atom. The van der Waals surface area contributed by atoms with E-state index in [0.29, 0.717) is 0 Å². The second kappa shape index (κ2) is 5.89. The van der Waals surface area contributed by atoms with E-state index in [4.69, 9.17) is 0 Å². The Labute approximate surface area is 104 Å². The zero-order chi connectivity index (χ0) is 12.1. The molecule has 0 aromatic carbocycles. The molecule has 0 radical (unpaired) electrons. The number of rotatable bonds is 7. The van der Waals surface area contributed by atoms with E-state index in [1.807, 2.05) is 6.20 Å². The molecule has 0 spiro atoms. The predicted molar refractivity (Wildman–Crippen MR) is 73.6 cm³/mol. The van der Waals surface area contributed by atoms with Crippen LogP contribution < -0.4 is 10.2 Å². The normalized spacial score (nSPS) is 14.7. The van der Waals surface area contributed by atoms with Gasteiger partial charge in [0, 0.05) is 37.6 Å². The molecule has 94 valence electrons. The van der Waals surface area contributed by atoms with Gasteiger partial charge in [-0.15, -0.1) is 0 Å². The van der Waals surface area contributed by atoms with Crippen LogP contribution in [0.25, 0.3) is 0 Å². The molecule has 3 nitrogen and oxygen atoms in total. The van der Waals surface area contributed by atoms with Gasteiger partial charge in [0.25, 0.3) is 0 Å². The largest absolute Gasteiger partial charge is 0.371 e. The molecular weight excluding hydrogens is 210 g/mol. The minimum absolute atomic E-state index is 0.923. The number of nitrogens with one attached hydrogen (secondary N) is 1. The van der Waals surface area contributed by atoms with Crippen molar-refractivity contribution < 1.29 is 0 Å². The lowest BCUT2D eigenvalue weighted by Crippen LogP contribution is -2.26. The third-order valence-electron chi connectivity index (χ3n) is 3.14. The van der Waals surface area contributed by atoms with Gasteiger partial charge in [0.15, 0.2) is 0 Å². The Kier molecular flexibility index (Phi) is 4.24. The first-order valence-corrected chi connectivity index (χ1v) is 6.78. The minimum Gasteiger partial charge on any atom is -0.371 e. The van der Waals surface area contributed by atoms with Crippen LogP contribution in [0.2, 0.25) is 0 Å².